The zero-order valence-corrected chi connectivity index (χ0v) is 13.8. The number of nitrogens with one attached hydrogen (secondary N) is 1. The minimum Gasteiger partial charge on any atom is -0.375 e. The summed E-state index contributed by atoms with van der Waals surface area (Å²) in [4.78, 5) is 32.1. The van der Waals surface area contributed by atoms with Crippen LogP contribution >= 0.6 is 0 Å². The number of rotatable bonds is 5. The van der Waals surface area contributed by atoms with Gasteiger partial charge < -0.3 is 14.6 Å². The number of ether oxygens (including phenoxy) is 1. The van der Waals surface area contributed by atoms with Crippen LogP contribution in [0.2, 0.25) is 0 Å². The van der Waals surface area contributed by atoms with Crippen LogP contribution in [0.3, 0.4) is 0 Å². The van der Waals surface area contributed by atoms with Crippen LogP contribution in [0.5, 0.6) is 0 Å². The maximum Gasteiger partial charge on any atom is 0.250 e. The molecular formula is C18H20FN3O3. The molecule has 0 spiro atoms. The molecule has 1 aliphatic rings. The Balaban J connectivity index is 1.53. The SMILES string of the molecule is O=C(Cc1cccc(F)c1)N1CCOC(CCc2cc(=O)[nH]cn2)C1. The van der Waals surface area contributed by atoms with Crippen molar-refractivity contribution in [1.29, 1.82) is 0 Å². The lowest BCUT2D eigenvalue weighted by Crippen LogP contribution is -2.46. The van der Waals surface area contributed by atoms with Crippen molar-refractivity contribution in [2.24, 2.45) is 0 Å². The Morgan fingerprint density at radius 2 is 2.28 bits per heavy atom. The number of benzene rings is 1. The first kappa shape index (κ1) is 17.3. The molecule has 7 heteroatoms. The molecule has 1 atom stereocenters. The number of H-pyrrole nitrogens is 1. The van der Waals surface area contributed by atoms with Crippen LogP contribution in [0.15, 0.2) is 41.5 Å². The van der Waals surface area contributed by atoms with Crippen molar-refractivity contribution in [2.75, 3.05) is 19.7 Å². The Morgan fingerprint density at radius 1 is 1.40 bits per heavy atom. The lowest BCUT2D eigenvalue weighted by Gasteiger charge is -2.33. The van der Waals surface area contributed by atoms with Gasteiger partial charge in [0.1, 0.15) is 5.82 Å². The average molecular weight is 345 g/mol. The molecule has 1 saturated heterocycles. The molecule has 1 unspecified atom stereocenters. The molecule has 2 aromatic rings. The Labute approximate surface area is 144 Å². The Bertz CT molecular complexity index is 793. The smallest absolute Gasteiger partial charge is 0.250 e. The molecule has 1 aromatic carbocycles. The number of halogens is 1. The zero-order chi connectivity index (χ0) is 17.6. The maximum atomic E-state index is 13.2. The third-order valence-electron chi connectivity index (χ3n) is 4.19. The Hall–Kier alpha value is -2.54. The summed E-state index contributed by atoms with van der Waals surface area (Å²) in [5, 5.41) is 0. The van der Waals surface area contributed by atoms with E-state index in [2.05, 4.69) is 9.97 Å². The number of hydrogen-bond acceptors (Lipinski definition) is 4. The molecule has 1 fully saturated rings. The van der Waals surface area contributed by atoms with Crippen molar-refractivity contribution in [2.45, 2.75) is 25.4 Å². The summed E-state index contributed by atoms with van der Waals surface area (Å²) < 4.78 is 18.9. The average Bonchev–Trinajstić information content (AvgIpc) is 2.60. The van der Waals surface area contributed by atoms with Crippen molar-refractivity contribution >= 4 is 5.91 Å². The second kappa shape index (κ2) is 8.02. The van der Waals surface area contributed by atoms with Gasteiger partial charge in [0.2, 0.25) is 5.91 Å². The van der Waals surface area contributed by atoms with E-state index in [0.717, 1.165) is 0 Å². The summed E-state index contributed by atoms with van der Waals surface area (Å²) in [6.07, 6.45) is 2.76. The van der Waals surface area contributed by atoms with Gasteiger partial charge in [-0.25, -0.2) is 9.37 Å². The van der Waals surface area contributed by atoms with Crippen molar-refractivity contribution in [3.8, 4) is 0 Å². The fourth-order valence-electron chi connectivity index (χ4n) is 2.91. The van der Waals surface area contributed by atoms with Gasteiger partial charge in [-0.1, -0.05) is 12.1 Å². The summed E-state index contributed by atoms with van der Waals surface area (Å²) >= 11 is 0. The summed E-state index contributed by atoms with van der Waals surface area (Å²) in [6, 6.07) is 7.57. The molecular weight excluding hydrogens is 325 g/mol. The number of aryl methyl sites for hydroxylation is 1. The molecule has 2 heterocycles. The molecule has 0 bridgehead atoms. The number of hydrogen-bond donors (Lipinski definition) is 1. The third kappa shape index (κ3) is 4.96. The summed E-state index contributed by atoms with van der Waals surface area (Å²) in [5.41, 5.74) is 1.19. The lowest BCUT2D eigenvalue weighted by atomic mass is 10.1. The van der Waals surface area contributed by atoms with Gasteiger partial charge in [-0.3, -0.25) is 9.59 Å². The number of aromatic amines is 1. The second-order valence-electron chi connectivity index (χ2n) is 6.08. The molecule has 0 radical (unpaired) electrons. The van der Waals surface area contributed by atoms with E-state index in [1.54, 1.807) is 17.0 Å². The van der Waals surface area contributed by atoms with Gasteiger partial charge in [-0.15, -0.1) is 0 Å². The molecule has 6 nitrogen and oxygen atoms in total. The predicted molar refractivity (Wildman–Crippen MR) is 89.6 cm³/mol. The molecule has 1 aromatic heterocycles. The zero-order valence-electron chi connectivity index (χ0n) is 13.8. The van der Waals surface area contributed by atoms with Crippen molar-refractivity contribution in [3.05, 3.63) is 64.1 Å². The number of carbonyl (C=O) groups excluding carboxylic acids is 1. The number of amides is 1. The molecule has 0 aliphatic carbocycles. The van der Waals surface area contributed by atoms with Gasteiger partial charge in [-0.05, 0) is 30.5 Å². The fraction of sp³-hybridized carbons (Fsp3) is 0.389. The highest BCUT2D eigenvalue weighted by atomic mass is 19.1. The van der Waals surface area contributed by atoms with Gasteiger partial charge >= 0.3 is 0 Å². The third-order valence-corrected chi connectivity index (χ3v) is 4.19. The monoisotopic (exact) mass is 345 g/mol. The molecule has 1 amide bonds. The van der Waals surface area contributed by atoms with Crippen LogP contribution in [0.4, 0.5) is 4.39 Å². The topological polar surface area (TPSA) is 75.3 Å². The summed E-state index contributed by atoms with van der Waals surface area (Å²) in [5.74, 6) is -0.372. The van der Waals surface area contributed by atoms with E-state index in [1.165, 1.54) is 24.5 Å². The van der Waals surface area contributed by atoms with Gasteiger partial charge in [0.05, 0.1) is 25.5 Å². The Morgan fingerprint density at radius 3 is 3.08 bits per heavy atom. The first-order valence-corrected chi connectivity index (χ1v) is 8.27. The summed E-state index contributed by atoms with van der Waals surface area (Å²) in [7, 11) is 0. The first-order valence-electron chi connectivity index (χ1n) is 8.27. The highest BCUT2D eigenvalue weighted by Crippen LogP contribution is 2.13. The van der Waals surface area contributed by atoms with E-state index in [-0.39, 0.29) is 29.8 Å². The van der Waals surface area contributed by atoms with E-state index in [4.69, 9.17) is 4.74 Å². The van der Waals surface area contributed by atoms with E-state index >= 15 is 0 Å². The second-order valence-corrected chi connectivity index (χ2v) is 6.08. The standard InChI is InChI=1S/C18H20FN3O3/c19-14-3-1-2-13(8-14)9-18(24)22-6-7-25-16(11-22)5-4-15-10-17(23)21-12-20-15/h1-3,8,10,12,16H,4-7,9,11H2,(H,20,21,23). The van der Waals surface area contributed by atoms with Crippen LogP contribution in [0, 0.1) is 5.82 Å². The van der Waals surface area contributed by atoms with Gasteiger partial charge in [0, 0.05) is 24.8 Å². The fourth-order valence-corrected chi connectivity index (χ4v) is 2.91. The molecule has 3 rings (SSSR count). The molecule has 25 heavy (non-hydrogen) atoms. The van der Waals surface area contributed by atoms with Crippen molar-refractivity contribution < 1.29 is 13.9 Å². The van der Waals surface area contributed by atoms with Crippen molar-refractivity contribution in [3.63, 3.8) is 0 Å². The van der Waals surface area contributed by atoms with E-state index < -0.39 is 0 Å². The van der Waals surface area contributed by atoms with Crippen LogP contribution in [0.1, 0.15) is 17.7 Å². The maximum absolute atomic E-state index is 13.2. The molecule has 132 valence electrons. The normalized spacial score (nSPS) is 17.5. The first-order chi connectivity index (χ1) is 12.1. The lowest BCUT2D eigenvalue weighted by molar-refractivity contribution is -0.138. The summed E-state index contributed by atoms with van der Waals surface area (Å²) in [6.45, 7) is 1.51. The number of morpholine rings is 1. The van der Waals surface area contributed by atoms with Crippen LogP contribution in [0.25, 0.3) is 0 Å². The largest absolute Gasteiger partial charge is 0.375 e. The number of aromatic nitrogens is 2. The highest BCUT2D eigenvalue weighted by molar-refractivity contribution is 5.78. The quantitative estimate of drug-likeness (QED) is 0.887. The van der Waals surface area contributed by atoms with Crippen LogP contribution in [-0.4, -0.2) is 46.6 Å². The minimum absolute atomic E-state index is 0.0341. The van der Waals surface area contributed by atoms with E-state index in [0.29, 0.717) is 43.8 Å². The van der Waals surface area contributed by atoms with Gasteiger partial charge in [0.25, 0.3) is 5.56 Å². The molecule has 1 aliphatic heterocycles. The molecule has 1 N–H and O–H groups in total. The predicted octanol–water partition coefficient (Wildman–Crippen LogP) is 1.31. The van der Waals surface area contributed by atoms with Crippen LogP contribution < -0.4 is 5.56 Å². The minimum atomic E-state index is -0.337. The number of nitrogens with zero attached hydrogens (tertiary/aromatic N) is 2. The Kier molecular flexibility index (Phi) is 5.55. The van der Waals surface area contributed by atoms with E-state index in [9.17, 15) is 14.0 Å². The van der Waals surface area contributed by atoms with Crippen molar-refractivity contribution in [1.82, 2.24) is 14.9 Å². The van der Waals surface area contributed by atoms with Gasteiger partial charge in [0.15, 0.2) is 0 Å². The van der Waals surface area contributed by atoms with E-state index in [1.807, 2.05) is 0 Å². The number of carbonyl (C=O) groups is 1. The van der Waals surface area contributed by atoms with Crippen LogP contribution in [-0.2, 0) is 22.4 Å². The van der Waals surface area contributed by atoms with Gasteiger partial charge in [-0.2, -0.15) is 0 Å². The molecule has 0 saturated carbocycles. The highest BCUT2D eigenvalue weighted by Gasteiger charge is 2.24.